The highest BCUT2D eigenvalue weighted by Crippen LogP contribution is 2.05. The van der Waals surface area contributed by atoms with E-state index in [-0.39, 0.29) is 0 Å². The minimum absolute atomic E-state index is 0.371. The molecule has 0 aliphatic carbocycles. The van der Waals surface area contributed by atoms with Gasteiger partial charge in [-0.25, -0.2) is 0 Å². The molecule has 0 bridgehead atoms. The Bertz CT molecular complexity index is 479. The molecule has 6 heteroatoms. The van der Waals surface area contributed by atoms with Gasteiger partial charge in [-0.2, -0.15) is 4.98 Å². The summed E-state index contributed by atoms with van der Waals surface area (Å²) >= 11 is 0. The van der Waals surface area contributed by atoms with Crippen LogP contribution in [0.15, 0.2) is 24.7 Å². The Kier molecular flexibility index (Phi) is 4.25. The topological polar surface area (TPSA) is 64.9 Å². The minimum atomic E-state index is 0.371. The van der Waals surface area contributed by atoms with Crippen LogP contribution < -0.4 is 10.1 Å². The van der Waals surface area contributed by atoms with Crippen molar-refractivity contribution in [1.82, 2.24) is 25.1 Å². The lowest BCUT2D eigenvalue weighted by atomic mass is 10.2. The monoisotopic (exact) mass is 247 g/mol. The number of nitrogens with one attached hydrogen (secondary N) is 1. The second-order valence-corrected chi connectivity index (χ2v) is 3.93. The molecule has 2 aromatic heterocycles. The van der Waals surface area contributed by atoms with Gasteiger partial charge in [-0.05, 0) is 18.2 Å². The van der Waals surface area contributed by atoms with Crippen LogP contribution >= 0.6 is 0 Å². The van der Waals surface area contributed by atoms with Crippen molar-refractivity contribution < 1.29 is 4.74 Å². The summed E-state index contributed by atoms with van der Waals surface area (Å²) in [5, 5.41) is 7.28. The highest BCUT2D eigenvalue weighted by molar-refractivity contribution is 5.13. The van der Waals surface area contributed by atoms with Crippen LogP contribution in [0.2, 0.25) is 0 Å². The van der Waals surface area contributed by atoms with E-state index in [4.69, 9.17) is 4.74 Å². The lowest BCUT2D eigenvalue weighted by Crippen LogP contribution is -2.12. The smallest absolute Gasteiger partial charge is 0.335 e. The molecule has 2 rings (SSSR count). The Labute approximate surface area is 106 Å². The minimum Gasteiger partial charge on any atom is -0.456 e. The van der Waals surface area contributed by atoms with Crippen LogP contribution in [-0.4, -0.2) is 26.3 Å². The number of aromatic nitrogens is 4. The average molecular weight is 247 g/mol. The first-order valence-corrected chi connectivity index (χ1v) is 5.91. The quantitative estimate of drug-likeness (QED) is 0.821. The second-order valence-electron chi connectivity index (χ2n) is 3.93. The molecule has 0 atom stereocenters. The van der Waals surface area contributed by atoms with Gasteiger partial charge in [0.25, 0.3) is 0 Å². The van der Waals surface area contributed by atoms with E-state index >= 15 is 0 Å². The summed E-state index contributed by atoms with van der Waals surface area (Å²) in [7, 11) is 1.80. The zero-order valence-electron chi connectivity index (χ0n) is 10.6. The summed E-state index contributed by atoms with van der Waals surface area (Å²) in [5.74, 6) is 0. The zero-order valence-corrected chi connectivity index (χ0v) is 10.6. The SMILES string of the molecule is CCNCc1ccc(COc2ncn(C)n2)nc1. The maximum Gasteiger partial charge on any atom is 0.335 e. The Morgan fingerprint density at radius 3 is 2.83 bits per heavy atom. The van der Waals surface area contributed by atoms with Gasteiger partial charge in [-0.1, -0.05) is 13.0 Å². The predicted molar refractivity (Wildman–Crippen MR) is 67.0 cm³/mol. The van der Waals surface area contributed by atoms with Gasteiger partial charge in [0.15, 0.2) is 0 Å². The van der Waals surface area contributed by atoms with Crippen molar-refractivity contribution >= 4 is 0 Å². The normalized spacial score (nSPS) is 10.6. The number of ether oxygens (including phenoxy) is 1. The molecule has 0 amide bonds. The first-order chi connectivity index (χ1) is 8.78. The van der Waals surface area contributed by atoms with E-state index in [0.29, 0.717) is 12.6 Å². The summed E-state index contributed by atoms with van der Waals surface area (Å²) in [6, 6.07) is 4.37. The van der Waals surface area contributed by atoms with E-state index in [1.807, 2.05) is 18.3 Å². The van der Waals surface area contributed by atoms with Gasteiger partial charge in [0.2, 0.25) is 0 Å². The Morgan fingerprint density at radius 2 is 2.22 bits per heavy atom. The highest BCUT2D eigenvalue weighted by atomic mass is 16.5. The summed E-state index contributed by atoms with van der Waals surface area (Å²) in [5.41, 5.74) is 2.03. The Hall–Kier alpha value is -1.95. The third-order valence-electron chi connectivity index (χ3n) is 2.39. The van der Waals surface area contributed by atoms with Gasteiger partial charge in [0.1, 0.15) is 12.9 Å². The number of aryl methyl sites for hydroxylation is 1. The van der Waals surface area contributed by atoms with Crippen LogP contribution in [0.25, 0.3) is 0 Å². The molecule has 0 radical (unpaired) electrons. The van der Waals surface area contributed by atoms with E-state index in [1.165, 1.54) is 0 Å². The van der Waals surface area contributed by atoms with Crippen molar-refractivity contribution in [3.8, 4) is 6.01 Å². The molecule has 0 fully saturated rings. The number of hydrogen-bond acceptors (Lipinski definition) is 5. The maximum absolute atomic E-state index is 5.41. The van der Waals surface area contributed by atoms with E-state index in [2.05, 4.69) is 27.3 Å². The predicted octanol–water partition coefficient (Wildman–Crippen LogP) is 0.899. The summed E-state index contributed by atoms with van der Waals surface area (Å²) in [6.07, 6.45) is 3.45. The van der Waals surface area contributed by atoms with Crippen LogP contribution in [0.1, 0.15) is 18.2 Å². The standard InChI is InChI=1S/C12H17N5O/c1-3-13-6-10-4-5-11(14-7-10)8-18-12-15-9-17(2)16-12/h4-5,7,9,13H,3,6,8H2,1-2H3. The molecule has 18 heavy (non-hydrogen) atoms. The Balaban J connectivity index is 1.86. The van der Waals surface area contributed by atoms with Crippen LogP contribution in [0, 0.1) is 0 Å². The number of pyridine rings is 1. The fourth-order valence-electron chi connectivity index (χ4n) is 1.44. The number of rotatable bonds is 6. The average Bonchev–Trinajstić information content (AvgIpc) is 2.81. The molecule has 2 aromatic rings. The molecule has 6 nitrogen and oxygen atoms in total. The van der Waals surface area contributed by atoms with Crippen molar-refractivity contribution in [2.45, 2.75) is 20.1 Å². The first-order valence-electron chi connectivity index (χ1n) is 5.91. The third-order valence-corrected chi connectivity index (χ3v) is 2.39. The molecule has 0 saturated heterocycles. The van der Waals surface area contributed by atoms with Gasteiger partial charge >= 0.3 is 6.01 Å². The van der Waals surface area contributed by atoms with Crippen molar-refractivity contribution in [1.29, 1.82) is 0 Å². The lowest BCUT2D eigenvalue weighted by molar-refractivity contribution is 0.275. The van der Waals surface area contributed by atoms with E-state index in [9.17, 15) is 0 Å². The van der Waals surface area contributed by atoms with Crippen LogP contribution in [-0.2, 0) is 20.2 Å². The molecule has 0 aliphatic heterocycles. The second kappa shape index (κ2) is 6.11. The molecule has 2 heterocycles. The van der Waals surface area contributed by atoms with Gasteiger partial charge in [0.05, 0.1) is 5.69 Å². The van der Waals surface area contributed by atoms with Gasteiger partial charge in [-0.3, -0.25) is 9.67 Å². The summed E-state index contributed by atoms with van der Waals surface area (Å²) in [6.45, 7) is 4.25. The molecular weight excluding hydrogens is 230 g/mol. The van der Waals surface area contributed by atoms with Crippen molar-refractivity contribution in [3.63, 3.8) is 0 Å². The van der Waals surface area contributed by atoms with Crippen LogP contribution in [0.3, 0.4) is 0 Å². The van der Waals surface area contributed by atoms with E-state index < -0.39 is 0 Å². The Morgan fingerprint density at radius 1 is 1.33 bits per heavy atom. The largest absolute Gasteiger partial charge is 0.456 e. The molecule has 96 valence electrons. The third kappa shape index (κ3) is 3.53. The van der Waals surface area contributed by atoms with Gasteiger partial charge in [-0.15, -0.1) is 5.10 Å². The van der Waals surface area contributed by atoms with E-state index in [1.54, 1.807) is 18.1 Å². The maximum atomic E-state index is 5.41. The van der Waals surface area contributed by atoms with Crippen LogP contribution in [0.5, 0.6) is 6.01 Å². The molecule has 0 aliphatic rings. The molecule has 0 saturated carbocycles. The van der Waals surface area contributed by atoms with Crippen molar-refractivity contribution in [2.75, 3.05) is 6.54 Å². The number of nitrogens with zero attached hydrogens (tertiary/aromatic N) is 4. The fourth-order valence-corrected chi connectivity index (χ4v) is 1.44. The highest BCUT2D eigenvalue weighted by Gasteiger charge is 2.01. The van der Waals surface area contributed by atoms with E-state index in [0.717, 1.165) is 24.3 Å². The fraction of sp³-hybridized carbons (Fsp3) is 0.417. The first kappa shape index (κ1) is 12.5. The molecule has 0 spiro atoms. The summed E-state index contributed by atoms with van der Waals surface area (Å²) in [4.78, 5) is 8.31. The molecular formula is C12H17N5O. The van der Waals surface area contributed by atoms with Gasteiger partial charge in [0, 0.05) is 19.8 Å². The summed E-state index contributed by atoms with van der Waals surface area (Å²) < 4.78 is 7.01. The lowest BCUT2D eigenvalue weighted by Gasteiger charge is -2.04. The van der Waals surface area contributed by atoms with Crippen LogP contribution in [0.4, 0.5) is 0 Å². The van der Waals surface area contributed by atoms with Crippen molar-refractivity contribution in [3.05, 3.63) is 35.9 Å². The molecule has 0 aromatic carbocycles. The van der Waals surface area contributed by atoms with Crippen molar-refractivity contribution in [2.24, 2.45) is 7.05 Å². The molecule has 0 unspecified atom stereocenters. The van der Waals surface area contributed by atoms with Gasteiger partial charge < -0.3 is 10.1 Å². The zero-order chi connectivity index (χ0) is 12.8. The molecule has 1 N–H and O–H groups in total. The number of hydrogen-bond donors (Lipinski definition) is 1.